The van der Waals surface area contributed by atoms with Crippen molar-refractivity contribution < 1.29 is 14.5 Å². The topological polar surface area (TPSA) is 131 Å². The van der Waals surface area contributed by atoms with Crippen molar-refractivity contribution in [3.8, 4) is 11.8 Å². The Morgan fingerprint density at radius 1 is 1.32 bits per heavy atom. The van der Waals surface area contributed by atoms with Crippen LogP contribution >= 0.6 is 11.8 Å². The number of nitrogens with zero attached hydrogens (tertiary/aromatic N) is 2. The number of nitro groups is 1. The highest BCUT2D eigenvalue weighted by Gasteiger charge is 2.15. The molecule has 0 heterocycles. The monoisotopic (exact) mass is 398 g/mol. The maximum atomic E-state index is 11.6. The first-order chi connectivity index (χ1) is 13.4. The molecule has 9 heteroatoms. The number of rotatable bonds is 9. The third-order valence-corrected chi connectivity index (χ3v) is 4.59. The molecular formula is C19H18N4O4S. The minimum atomic E-state index is -0.859. The number of carbonyl (C=O) groups excluding carboxylic acids is 1. The SMILES string of the molecule is CCOc1ccc(NC(SCc2cccc([N+](=O)[O-])c2)=C(C#N)C(N)=O)cc1. The van der Waals surface area contributed by atoms with Crippen LogP contribution in [0.5, 0.6) is 5.75 Å². The Balaban J connectivity index is 2.23. The number of amides is 1. The molecule has 0 bridgehead atoms. The minimum Gasteiger partial charge on any atom is -0.494 e. The Labute approximate surface area is 166 Å². The Kier molecular flexibility index (Phi) is 7.42. The molecule has 0 saturated heterocycles. The molecule has 0 aliphatic heterocycles. The summed E-state index contributed by atoms with van der Waals surface area (Å²) in [5, 5.41) is 23.5. The molecule has 2 aromatic carbocycles. The summed E-state index contributed by atoms with van der Waals surface area (Å²) in [6.45, 7) is 2.42. The fourth-order valence-electron chi connectivity index (χ4n) is 2.24. The summed E-state index contributed by atoms with van der Waals surface area (Å²) < 4.78 is 5.38. The van der Waals surface area contributed by atoms with Crippen molar-refractivity contribution in [3.05, 3.63) is 74.8 Å². The molecule has 0 aromatic heterocycles. The lowest BCUT2D eigenvalue weighted by molar-refractivity contribution is -0.384. The molecule has 0 atom stereocenters. The molecule has 0 unspecified atom stereocenters. The van der Waals surface area contributed by atoms with Gasteiger partial charge >= 0.3 is 0 Å². The summed E-state index contributed by atoms with van der Waals surface area (Å²) in [5.41, 5.74) is 6.38. The molecule has 2 rings (SSSR count). The zero-order chi connectivity index (χ0) is 20.5. The van der Waals surface area contributed by atoms with E-state index in [9.17, 15) is 20.2 Å². The van der Waals surface area contributed by atoms with Gasteiger partial charge in [0.2, 0.25) is 0 Å². The number of carbonyl (C=O) groups is 1. The first-order valence-corrected chi connectivity index (χ1v) is 9.23. The van der Waals surface area contributed by atoms with Crippen molar-refractivity contribution in [1.82, 2.24) is 0 Å². The maximum Gasteiger partial charge on any atom is 0.269 e. The minimum absolute atomic E-state index is 0.0292. The quantitative estimate of drug-likeness (QED) is 0.286. The molecule has 8 nitrogen and oxygen atoms in total. The van der Waals surface area contributed by atoms with Gasteiger partial charge in [0.1, 0.15) is 17.4 Å². The average molecular weight is 398 g/mol. The molecule has 0 aliphatic rings. The molecule has 0 saturated carbocycles. The largest absolute Gasteiger partial charge is 0.494 e. The van der Waals surface area contributed by atoms with Gasteiger partial charge in [-0.1, -0.05) is 12.1 Å². The molecular weight excluding hydrogens is 380 g/mol. The zero-order valence-corrected chi connectivity index (χ0v) is 15.9. The summed E-state index contributed by atoms with van der Waals surface area (Å²) in [6, 6.07) is 15.0. The van der Waals surface area contributed by atoms with Crippen molar-refractivity contribution >= 4 is 29.0 Å². The number of ether oxygens (including phenoxy) is 1. The maximum absolute atomic E-state index is 11.6. The first kappa shape index (κ1) is 20.8. The number of nitro benzene ring substituents is 1. The van der Waals surface area contributed by atoms with Gasteiger partial charge in [-0.15, -0.1) is 11.8 Å². The van der Waals surface area contributed by atoms with E-state index in [1.807, 2.05) is 13.0 Å². The summed E-state index contributed by atoms with van der Waals surface area (Å²) in [4.78, 5) is 22.1. The third kappa shape index (κ3) is 5.75. The number of hydrogen-bond acceptors (Lipinski definition) is 7. The first-order valence-electron chi connectivity index (χ1n) is 8.24. The van der Waals surface area contributed by atoms with E-state index in [1.54, 1.807) is 36.4 Å². The number of benzene rings is 2. The zero-order valence-electron chi connectivity index (χ0n) is 15.0. The van der Waals surface area contributed by atoms with Crippen LogP contribution < -0.4 is 15.8 Å². The number of hydrogen-bond donors (Lipinski definition) is 2. The number of nitrogens with one attached hydrogen (secondary N) is 1. The number of nitriles is 1. The van der Waals surface area contributed by atoms with E-state index in [4.69, 9.17) is 10.5 Å². The molecule has 3 N–H and O–H groups in total. The van der Waals surface area contributed by atoms with Gasteiger partial charge in [0.05, 0.1) is 16.6 Å². The van der Waals surface area contributed by atoms with Crippen LogP contribution in [0.1, 0.15) is 12.5 Å². The standard InChI is InChI=1S/C19H18N4O4S/c1-2-27-16-8-6-14(7-9-16)22-19(17(11-20)18(21)24)28-12-13-4-3-5-15(10-13)23(25)26/h3-10,22H,2,12H2,1H3,(H2,21,24). The predicted octanol–water partition coefficient (Wildman–Crippen LogP) is 3.56. The highest BCUT2D eigenvalue weighted by atomic mass is 32.2. The van der Waals surface area contributed by atoms with Crippen LogP contribution in [0.2, 0.25) is 0 Å². The fourth-order valence-corrected chi connectivity index (χ4v) is 3.21. The van der Waals surface area contributed by atoms with Gasteiger partial charge < -0.3 is 15.8 Å². The second kappa shape index (κ2) is 9.99. The van der Waals surface area contributed by atoms with E-state index in [1.165, 1.54) is 12.1 Å². The highest BCUT2D eigenvalue weighted by molar-refractivity contribution is 8.02. The van der Waals surface area contributed by atoms with Crippen LogP contribution in [0.4, 0.5) is 11.4 Å². The molecule has 0 aliphatic carbocycles. The van der Waals surface area contributed by atoms with Gasteiger partial charge in [-0.2, -0.15) is 5.26 Å². The predicted molar refractivity (Wildman–Crippen MR) is 107 cm³/mol. The van der Waals surface area contributed by atoms with Crippen molar-refractivity contribution in [1.29, 1.82) is 5.26 Å². The molecule has 0 fully saturated rings. The number of anilines is 1. The summed E-state index contributed by atoms with van der Waals surface area (Å²) in [5.74, 6) is 0.139. The van der Waals surface area contributed by atoms with E-state index < -0.39 is 10.8 Å². The number of primary amides is 1. The van der Waals surface area contributed by atoms with E-state index in [0.717, 1.165) is 11.8 Å². The molecule has 1 amide bonds. The molecule has 144 valence electrons. The van der Waals surface area contributed by atoms with Gasteiger partial charge in [0, 0.05) is 23.6 Å². The average Bonchev–Trinajstić information content (AvgIpc) is 2.68. The lowest BCUT2D eigenvalue weighted by Crippen LogP contribution is -2.16. The van der Waals surface area contributed by atoms with Gasteiger partial charge in [0.25, 0.3) is 11.6 Å². The van der Waals surface area contributed by atoms with Crippen molar-refractivity contribution in [2.45, 2.75) is 12.7 Å². The van der Waals surface area contributed by atoms with Gasteiger partial charge in [0.15, 0.2) is 0 Å². The normalized spacial score (nSPS) is 11.1. The Morgan fingerprint density at radius 3 is 2.61 bits per heavy atom. The van der Waals surface area contributed by atoms with Crippen LogP contribution in [0, 0.1) is 21.4 Å². The Bertz CT molecular complexity index is 936. The Morgan fingerprint density at radius 2 is 2.04 bits per heavy atom. The van der Waals surface area contributed by atoms with Crippen molar-refractivity contribution in [2.75, 3.05) is 11.9 Å². The number of nitrogens with two attached hydrogens (primary N) is 1. The number of thioether (sulfide) groups is 1. The smallest absolute Gasteiger partial charge is 0.269 e. The Hall–Kier alpha value is -3.51. The van der Waals surface area contributed by atoms with Crippen LogP contribution in [0.3, 0.4) is 0 Å². The summed E-state index contributed by atoms with van der Waals surface area (Å²) in [7, 11) is 0. The van der Waals surface area contributed by atoms with Crippen LogP contribution in [0.25, 0.3) is 0 Å². The van der Waals surface area contributed by atoms with E-state index >= 15 is 0 Å². The van der Waals surface area contributed by atoms with E-state index in [2.05, 4.69) is 5.32 Å². The summed E-state index contributed by atoms with van der Waals surface area (Å²) in [6.07, 6.45) is 0. The van der Waals surface area contributed by atoms with E-state index in [-0.39, 0.29) is 16.3 Å². The van der Waals surface area contributed by atoms with Crippen LogP contribution in [0.15, 0.2) is 59.1 Å². The lowest BCUT2D eigenvalue weighted by Gasteiger charge is -2.13. The van der Waals surface area contributed by atoms with Gasteiger partial charge in [-0.3, -0.25) is 14.9 Å². The molecule has 28 heavy (non-hydrogen) atoms. The third-order valence-electron chi connectivity index (χ3n) is 3.51. The molecule has 0 spiro atoms. The number of non-ortho nitro benzene ring substituents is 1. The van der Waals surface area contributed by atoms with E-state index in [0.29, 0.717) is 29.4 Å². The van der Waals surface area contributed by atoms with Crippen molar-refractivity contribution in [3.63, 3.8) is 0 Å². The highest BCUT2D eigenvalue weighted by Crippen LogP contribution is 2.28. The second-order valence-electron chi connectivity index (χ2n) is 5.48. The molecule has 0 radical (unpaired) electrons. The summed E-state index contributed by atoms with van der Waals surface area (Å²) >= 11 is 1.16. The lowest BCUT2D eigenvalue weighted by atomic mass is 10.2. The van der Waals surface area contributed by atoms with Gasteiger partial charge in [-0.25, -0.2) is 0 Å². The van der Waals surface area contributed by atoms with Crippen molar-refractivity contribution in [2.24, 2.45) is 5.73 Å². The van der Waals surface area contributed by atoms with Crippen LogP contribution in [-0.4, -0.2) is 17.4 Å². The van der Waals surface area contributed by atoms with Crippen LogP contribution in [-0.2, 0) is 10.5 Å². The fraction of sp³-hybridized carbons (Fsp3) is 0.158. The van der Waals surface area contributed by atoms with Gasteiger partial charge in [-0.05, 0) is 36.8 Å². The molecule has 2 aromatic rings. The second-order valence-corrected chi connectivity index (χ2v) is 6.46.